The topological polar surface area (TPSA) is 111 Å². The predicted octanol–water partition coefficient (Wildman–Crippen LogP) is 25.4. The molecule has 0 aliphatic heterocycles. The lowest BCUT2D eigenvalue weighted by atomic mass is 10.0. The van der Waals surface area contributed by atoms with Gasteiger partial charge in [0.05, 0.1) is 40.3 Å². The van der Waals surface area contributed by atoms with Gasteiger partial charge in [-0.05, 0) is 135 Å². The third kappa shape index (κ3) is 81.6. The summed E-state index contributed by atoms with van der Waals surface area (Å²) >= 11 is 0. The van der Waals surface area contributed by atoms with Gasteiger partial charge in [0.25, 0.3) is 0 Å². The third-order valence-corrected chi connectivity index (χ3v) is 17.1. The van der Waals surface area contributed by atoms with Crippen LogP contribution in [0.25, 0.3) is 0 Å². The molecule has 0 aliphatic rings. The summed E-state index contributed by atoms with van der Waals surface area (Å²) in [5.41, 5.74) is 0. The Bertz CT molecular complexity index is 2330. The molecular weight excluding hydrogens is 1250 g/mol. The van der Waals surface area contributed by atoms with E-state index in [2.05, 4.69) is 196 Å². The van der Waals surface area contributed by atoms with Gasteiger partial charge in [0.2, 0.25) is 0 Å². The third-order valence-electron chi connectivity index (χ3n) is 17.1. The van der Waals surface area contributed by atoms with E-state index in [1.807, 2.05) is 21.1 Å². The maximum Gasteiger partial charge on any atom is 0.306 e. The molecule has 0 radical (unpaired) electrons. The molecule has 9 heteroatoms. The van der Waals surface area contributed by atoms with Gasteiger partial charge < -0.3 is 33.3 Å². The van der Waals surface area contributed by atoms with Gasteiger partial charge in [0.1, 0.15) is 13.2 Å². The summed E-state index contributed by atoms with van der Waals surface area (Å²) in [5, 5.41) is 11.9. The first kappa shape index (κ1) is 95.4. The fourth-order valence-corrected chi connectivity index (χ4v) is 11.0. The van der Waals surface area contributed by atoms with Gasteiger partial charge in [-0.25, -0.2) is 0 Å². The predicted molar refractivity (Wildman–Crippen MR) is 435 cm³/mol. The first-order chi connectivity index (χ1) is 49.6. The van der Waals surface area contributed by atoms with Crippen LogP contribution in [0.15, 0.2) is 182 Å². The Balaban J connectivity index is 4.11. The molecule has 2 atom stereocenters. The molecule has 0 heterocycles. The Morgan fingerprint density at radius 3 is 0.792 bits per heavy atom. The lowest BCUT2D eigenvalue weighted by molar-refractivity contribution is -0.870. The molecule has 0 N–H and O–H groups in total. The second kappa shape index (κ2) is 80.1. The zero-order valence-electron chi connectivity index (χ0n) is 65.5. The molecule has 0 saturated carbocycles. The summed E-state index contributed by atoms with van der Waals surface area (Å²) in [6.45, 7) is 4.51. The summed E-state index contributed by atoms with van der Waals surface area (Å²) in [5.74, 6) is -2.31. The molecular formula is C92H151NO8. The van der Waals surface area contributed by atoms with E-state index in [0.29, 0.717) is 17.4 Å². The summed E-state index contributed by atoms with van der Waals surface area (Å²) in [6.07, 6.45) is 119. The maximum absolute atomic E-state index is 13.0. The molecule has 2 unspecified atom stereocenters. The maximum atomic E-state index is 13.0. The van der Waals surface area contributed by atoms with Crippen LogP contribution in [0.2, 0.25) is 0 Å². The highest BCUT2D eigenvalue weighted by Crippen LogP contribution is 2.18. The normalized spacial score (nSPS) is 13.6. The number of rotatable bonds is 74. The van der Waals surface area contributed by atoms with Crippen LogP contribution in [0.1, 0.15) is 322 Å². The number of quaternary nitrogens is 1. The molecule has 0 aliphatic carbocycles. The van der Waals surface area contributed by atoms with Gasteiger partial charge >= 0.3 is 11.9 Å². The number of allylic oxidation sites excluding steroid dienone is 30. The molecule has 0 bridgehead atoms. The van der Waals surface area contributed by atoms with Crippen molar-refractivity contribution in [2.24, 2.45) is 0 Å². The minimum Gasteiger partial charge on any atom is -0.545 e. The number of carbonyl (C=O) groups is 3. The van der Waals surface area contributed by atoms with Crippen LogP contribution < -0.4 is 5.11 Å². The van der Waals surface area contributed by atoms with Gasteiger partial charge in [-0.3, -0.25) is 9.59 Å². The number of esters is 2. The average molecular weight is 1400 g/mol. The number of likely N-dealkylation sites (N-methyl/N-ethyl adjacent to an activating group) is 1. The van der Waals surface area contributed by atoms with Gasteiger partial charge in [-0.15, -0.1) is 0 Å². The zero-order valence-corrected chi connectivity index (χ0v) is 65.5. The number of hydrogen-bond acceptors (Lipinski definition) is 8. The molecule has 572 valence electrons. The van der Waals surface area contributed by atoms with E-state index in [-0.39, 0.29) is 38.6 Å². The van der Waals surface area contributed by atoms with Crippen molar-refractivity contribution in [3.8, 4) is 0 Å². The fraction of sp³-hybridized carbons (Fsp3) is 0.641. The van der Waals surface area contributed by atoms with Crippen molar-refractivity contribution < 1.29 is 42.9 Å². The van der Waals surface area contributed by atoms with Crippen molar-refractivity contribution in [3.63, 3.8) is 0 Å². The highest BCUT2D eigenvalue weighted by Gasteiger charge is 2.22. The van der Waals surface area contributed by atoms with Gasteiger partial charge in [0, 0.05) is 12.8 Å². The second-order valence-corrected chi connectivity index (χ2v) is 27.9. The SMILES string of the molecule is CC/C=C\C/C=C\C/C=C\C/C=C\C/C=C\C/C=C\C/C=C\C/C=C\C/C=C\C/C=C\C/C=C\CCCCCCCC(=O)OC(COC(=O)CCCCCCCCCCCCCCCCCCCCCCCCCC/C=C\C/C=C\C/C=C\C/C=C\CC)COC(OCC[N+](C)(C)C)C(=O)[O-]. The standard InChI is InChI=1S/C92H151NO8/c1-6-8-10-12-14-16-18-20-22-24-26-28-30-32-34-36-38-40-42-44-45-47-49-51-53-55-57-59-61-63-65-67-69-71-73-75-77-79-81-83-90(95)101-88(87-100-92(91(96)97)98-85-84-93(3,4)5)86-99-89(94)82-80-78-76-74-72-70-68-66-64-62-60-58-56-54-52-50-48-46-43-41-39-37-35-33-31-29-27-25-23-21-19-17-15-13-11-9-7-2/h8-11,14-17,20-23,26-29,32,34,38,40,44-45,49,51,55,57,61,63,67,69,88,92H,6-7,12-13,18-19,24-25,30-31,33,35-37,39,41-43,46-48,50,52-54,56,58-60,62,64-66,68,70-87H2,1-5H3/b10-8-,11-9-,16-14-,17-15-,22-20-,23-21-,28-26-,29-27-,34-32-,40-38-,45-44-,51-49-,57-55-,63-61-,69-67-. The highest BCUT2D eigenvalue weighted by molar-refractivity contribution is 5.70. The summed E-state index contributed by atoms with van der Waals surface area (Å²) in [4.78, 5) is 37.6. The van der Waals surface area contributed by atoms with Crippen molar-refractivity contribution in [3.05, 3.63) is 182 Å². The molecule has 0 fully saturated rings. The highest BCUT2D eigenvalue weighted by atomic mass is 16.7. The Hall–Kier alpha value is -5.61. The summed E-state index contributed by atoms with van der Waals surface area (Å²) in [7, 11) is 5.92. The number of hydrogen-bond donors (Lipinski definition) is 0. The number of aliphatic carboxylic acids is 1. The van der Waals surface area contributed by atoms with Crippen molar-refractivity contribution in [1.82, 2.24) is 0 Å². The number of carboxylic acids is 1. The number of carboxylic acid groups (broad SMARTS) is 1. The fourth-order valence-electron chi connectivity index (χ4n) is 11.0. The van der Waals surface area contributed by atoms with Crippen LogP contribution in [-0.2, 0) is 33.3 Å². The molecule has 9 nitrogen and oxygen atoms in total. The first-order valence-corrected chi connectivity index (χ1v) is 40.9. The molecule has 0 spiro atoms. The zero-order chi connectivity index (χ0) is 73.2. The minimum atomic E-state index is -1.64. The average Bonchev–Trinajstić information content (AvgIpc) is 1.21. The van der Waals surface area contributed by atoms with E-state index < -0.39 is 24.3 Å². The molecule has 0 saturated heterocycles. The van der Waals surface area contributed by atoms with Crippen LogP contribution in [-0.4, -0.2) is 82.3 Å². The summed E-state index contributed by atoms with van der Waals surface area (Å²) in [6, 6.07) is 0. The quantitative estimate of drug-likeness (QED) is 0.0195. The minimum absolute atomic E-state index is 0.136. The number of unbranched alkanes of at least 4 members (excludes halogenated alkanes) is 29. The van der Waals surface area contributed by atoms with Crippen molar-refractivity contribution >= 4 is 17.9 Å². The Morgan fingerprint density at radius 2 is 0.535 bits per heavy atom. The molecule has 101 heavy (non-hydrogen) atoms. The lowest BCUT2D eigenvalue weighted by Gasteiger charge is -2.26. The molecule has 0 amide bonds. The Morgan fingerprint density at radius 1 is 0.297 bits per heavy atom. The van der Waals surface area contributed by atoms with E-state index in [9.17, 15) is 19.5 Å². The van der Waals surface area contributed by atoms with Crippen LogP contribution in [0.5, 0.6) is 0 Å². The van der Waals surface area contributed by atoms with Gasteiger partial charge in [0.15, 0.2) is 12.4 Å². The lowest BCUT2D eigenvalue weighted by Crippen LogP contribution is -2.44. The number of carbonyl (C=O) groups excluding carboxylic acids is 3. The molecule has 0 aromatic carbocycles. The largest absolute Gasteiger partial charge is 0.545 e. The van der Waals surface area contributed by atoms with E-state index >= 15 is 0 Å². The Labute approximate surface area is 621 Å². The first-order valence-electron chi connectivity index (χ1n) is 40.9. The van der Waals surface area contributed by atoms with Crippen molar-refractivity contribution in [2.45, 2.75) is 334 Å². The van der Waals surface area contributed by atoms with Crippen LogP contribution in [0.4, 0.5) is 0 Å². The monoisotopic (exact) mass is 1400 g/mol. The van der Waals surface area contributed by atoms with Crippen LogP contribution >= 0.6 is 0 Å². The molecule has 0 aromatic heterocycles. The number of nitrogens with zero attached hydrogens (tertiary/aromatic N) is 1. The van der Waals surface area contributed by atoms with Crippen molar-refractivity contribution in [2.75, 3.05) is 47.5 Å². The van der Waals surface area contributed by atoms with E-state index in [1.165, 1.54) is 141 Å². The Kier molecular flexibility index (Phi) is 75.6. The van der Waals surface area contributed by atoms with Crippen molar-refractivity contribution in [1.29, 1.82) is 0 Å². The van der Waals surface area contributed by atoms with E-state index in [1.54, 1.807) is 0 Å². The second-order valence-electron chi connectivity index (χ2n) is 27.9. The van der Waals surface area contributed by atoms with E-state index in [0.717, 1.165) is 148 Å². The smallest absolute Gasteiger partial charge is 0.306 e. The van der Waals surface area contributed by atoms with Crippen LogP contribution in [0, 0.1) is 0 Å². The molecule has 0 rings (SSSR count). The van der Waals surface area contributed by atoms with Crippen LogP contribution in [0.3, 0.4) is 0 Å². The molecule has 0 aromatic rings. The summed E-state index contributed by atoms with van der Waals surface area (Å²) < 4.78 is 22.8. The number of ether oxygens (including phenoxy) is 4. The van der Waals surface area contributed by atoms with E-state index in [4.69, 9.17) is 18.9 Å². The van der Waals surface area contributed by atoms with Gasteiger partial charge in [-0.1, -0.05) is 357 Å². The van der Waals surface area contributed by atoms with Gasteiger partial charge in [-0.2, -0.15) is 0 Å².